The van der Waals surface area contributed by atoms with Gasteiger partial charge in [-0.05, 0) is 25.3 Å². The van der Waals surface area contributed by atoms with E-state index in [2.05, 4.69) is 27.0 Å². The van der Waals surface area contributed by atoms with Crippen LogP contribution in [-0.4, -0.2) is 26.4 Å². The molecular formula is C18H24N4OS. The normalized spacial score (nSPS) is 14.9. The van der Waals surface area contributed by atoms with Crippen molar-refractivity contribution in [2.45, 2.75) is 56.8 Å². The lowest BCUT2D eigenvalue weighted by molar-refractivity contribution is -0.118. The summed E-state index contributed by atoms with van der Waals surface area (Å²) in [4.78, 5) is 12.1. The molecule has 1 N–H and O–H groups in total. The molecule has 24 heavy (non-hydrogen) atoms. The van der Waals surface area contributed by atoms with Crippen LogP contribution in [0.1, 0.15) is 49.9 Å². The molecule has 1 amide bonds. The highest BCUT2D eigenvalue weighted by molar-refractivity contribution is 7.99. The van der Waals surface area contributed by atoms with E-state index in [1.165, 1.54) is 37.4 Å². The third-order valence-corrected chi connectivity index (χ3v) is 5.41. The van der Waals surface area contributed by atoms with Crippen LogP contribution < -0.4 is 5.32 Å². The molecule has 2 aromatic rings. The number of nitrogens with one attached hydrogen (secondary N) is 1. The van der Waals surface area contributed by atoms with E-state index in [0.717, 1.165) is 23.1 Å². The summed E-state index contributed by atoms with van der Waals surface area (Å²) in [6, 6.07) is 9.94. The molecule has 1 saturated carbocycles. The Morgan fingerprint density at radius 1 is 1.25 bits per heavy atom. The van der Waals surface area contributed by atoms with Crippen molar-refractivity contribution in [1.82, 2.24) is 20.1 Å². The van der Waals surface area contributed by atoms with Crippen LogP contribution in [0.4, 0.5) is 0 Å². The molecule has 1 heterocycles. The molecule has 0 spiro atoms. The first-order valence-electron chi connectivity index (χ1n) is 8.64. The summed E-state index contributed by atoms with van der Waals surface area (Å²) in [5, 5.41) is 12.5. The molecule has 1 aliphatic rings. The molecule has 1 aromatic heterocycles. The van der Waals surface area contributed by atoms with Crippen LogP contribution in [0.5, 0.6) is 0 Å². The minimum Gasteiger partial charge on any atom is -0.351 e. The molecule has 1 aliphatic carbocycles. The smallest absolute Gasteiger partial charge is 0.230 e. The minimum atomic E-state index is 0.0249. The van der Waals surface area contributed by atoms with Crippen LogP contribution in [0.15, 0.2) is 35.5 Å². The first-order chi connectivity index (χ1) is 11.8. The lowest BCUT2D eigenvalue weighted by Gasteiger charge is -2.11. The Kier molecular flexibility index (Phi) is 5.91. The summed E-state index contributed by atoms with van der Waals surface area (Å²) in [6.45, 7) is 3.53. The molecule has 0 radical (unpaired) electrons. The van der Waals surface area contributed by atoms with Crippen molar-refractivity contribution in [3.63, 3.8) is 0 Å². The molecule has 0 bridgehead atoms. The molecule has 6 heteroatoms. The van der Waals surface area contributed by atoms with Gasteiger partial charge in [-0.15, -0.1) is 10.2 Å². The van der Waals surface area contributed by atoms with Crippen molar-refractivity contribution in [3.8, 4) is 0 Å². The first-order valence-corrected chi connectivity index (χ1v) is 9.63. The van der Waals surface area contributed by atoms with Crippen molar-refractivity contribution < 1.29 is 4.79 Å². The molecule has 0 atom stereocenters. The maximum Gasteiger partial charge on any atom is 0.230 e. The number of carbonyl (C=O) groups is 1. The van der Waals surface area contributed by atoms with Crippen molar-refractivity contribution in [2.24, 2.45) is 0 Å². The zero-order valence-electron chi connectivity index (χ0n) is 14.1. The molecule has 1 aromatic carbocycles. The topological polar surface area (TPSA) is 59.8 Å². The van der Waals surface area contributed by atoms with Gasteiger partial charge in [-0.2, -0.15) is 0 Å². The Morgan fingerprint density at radius 3 is 2.71 bits per heavy atom. The maximum atomic E-state index is 12.1. The Bertz CT molecular complexity index is 665. The van der Waals surface area contributed by atoms with Gasteiger partial charge in [0.2, 0.25) is 5.91 Å². The quantitative estimate of drug-likeness (QED) is 0.783. The van der Waals surface area contributed by atoms with Gasteiger partial charge in [-0.1, -0.05) is 54.9 Å². The minimum absolute atomic E-state index is 0.0249. The van der Waals surface area contributed by atoms with Crippen LogP contribution in [0, 0.1) is 0 Å². The Balaban J connectivity index is 1.53. The Labute approximate surface area is 147 Å². The predicted molar refractivity (Wildman–Crippen MR) is 95.9 cm³/mol. The molecule has 0 saturated heterocycles. The summed E-state index contributed by atoms with van der Waals surface area (Å²) >= 11 is 1.47. The number of hydrogen-bond donors (Lipinski definition) is 1. The number of carbonyl (C=O) groups excluding carboxylic acids is 1. The van der Waals surface area contributed by atoms with E-state index in [0.29, 0.717) is 18.2 Å². The molecule has 128 valence electrons. The van der Waals surface area contributed by atoms with Crippen molar-refractivity contribution in [2.75, 3.05) is 5.75 Å². The highest BCUT2D eigenvalue weighted by Crippen LogP contribution is 2.34. The number of nitrogens with zero attached hydrogens (tertiary/aromatic N) is 3. The lowest BCUT2D eigenvalue weighted by Crippen LogP contribution is -2.24. The second-order valence-electron chi connectivity index (χ2n) is 6.12. The van der Waals surface area contributed by atoms with E-state index in [9.17, 15) is 4.79 Å². The van der Waals surface area contributed by atoms with Gasteiger partial charge in [0.15, 0.2) is 5.16 Å². The summed E-state index contributed by atoms with van der Waals surface area (Å²) in [6.07, 6.45) is 4.98. The maximum absolute atomic E-state index is 12.1. The summed E-state index contributed by atoms with van der Waals surface area (Å²) in [5.74, 6) is 2.04. The fourth-order valence-electron chi connectivity index (χ4n) is 3.17. The summed E-state index contributed by atoms with van der Waals surface area (Å²) < 4.78 is 2.17. The standard InChI is InChI=1S/C18H24N4OS/c1-2-22-17(15-10-6-7-11-15)20-21-18(22)24-13-16(23)19-12-14-8-4-3-5-9-14/h3-5,8-9,15H,2,6-7,10-13H2,1H3,(H,19,23). The van der Waals surface area contributed by atoms with Gasteiger partial charge in [-0.25, -0.2) is 0 Å². The Hall–Kier alpha value is -1.82. The lowest BCUT2D eigenvalue weighted by atomic mass is 10.1. The third-order valence-electron chi connectivity index (χ3n) is 4.45. The van der Waals surface area contributed by atoms with Gasteiger partial charge in [0, 0.05) is 19.0 Å². The van der Waals surface area contributed by atoms with Gasteiger partial charge in [0.25, 0.3) is 0 Å². The van der Waals surface area contributed by atoms with Gasteiger partial charge in [0.1, 0.15) is 5.82 Å². The number of hydrogen-bond acceptors (Lipinski definition) is 4. The number of amides is 1. The van der Waals surface area contributed by atoms with Crippen LogP contribution in [0.25, 0.3) is 0 Å². The number of thioether (sulfide) groups is 1. The zero-order valence-corrected chi connectivity index (χ0v) is 14.9. The van der Waals surface area contributed by atoms with E-state index >= 15 is 0 Å². The summed E-state index contributed by atoms with van der Waals surface area (Å²) in [7, 11) is 0. The molecule has 0 aliphatic heterocycles. The second kappa shape index (κ2) is 8.33. The molecular weight excluding hydrogens is 320 g/mol. The van der Waals surface area contributed by atoms with E-state index in [4.69, 9.17) is 0 Å². The number of rotatable bonds is 7. The van der Waals surface area contributed by atoms with Gasteiger partial charge < -0.3 is 9.88 Å². The van der Waals surface area contributed by atoms with E-state index in [1.54, 1.807) is 0 Å². The number of benzene rings is 1. The average molecular weight is 344 g/mol. The van der Waals surface area contributed by atoms with Gasteiger partial charge >= 0.3 is 0 Å². The predicted octanol–water partition coefficient (Wildman–Crippen LogP) is 3.36. The van der Waals surface area contributed by atoms with Crippen molar-refractivity contribution in [1.29, 1.82) is 0 Å². The highest BCUT2D eigenvalue weighted by atomic mass is 32.2. The summed E-state index contributed by atoms with van der Waals surface area (Å²) in [5.41, 5.74) is 1.11. The van der Waals surface area contributed by atoms with E-state index < -0.39 is 0 Å². The highest BCUT2D eigenvalue weighted by Gasteiger charge is 2.24. The van der Waals surface area contributed by atoms with Gasteiger partial charge in [0.05, 0.1) is 5.75 Å². The van der Waals surface area contributed by atoms with Crippen LogP contribution in [0.2, 0.25) is 0 Å². The molecule has 1 fully saturated rings. The fraction of sp³-hybridized carbons (Fsp3) is 0.500. The number of aromatic nitrogens is 3. The third kappa shape index (κ3) is 4.17. The van der Waals surface area contributed by atoms with Crippen LogP contribution in [0.3, 0.4) is 0 Å². The van der Waals surface area contributed by atoms with Crippen LogP contribution in [-0.2, 0) is 17.9 Å². The molecule has 3 rings (SSSR count). The SMILES string of the molecule is CCn1c(SCC(=O)NCc2ccccc2)nnc1C1CCCC1. The van der Waals surface area contributed by atoms with Crippen molar-refractivity contribution in [3.05, 3.63) is 41.7 Å². The zero-order chi connectivity index (χ0) is 16.8. The monoisotopic (exact) mass is 344 g/mol. The fourth-order valence-corrected chi connectivity index (χ4v) is 4.01. The van der Waals surface area contributed by atoms with E-state index in [1.807, 2.05) is 30.3 Å². The average Bonchev–Trinajstić information content (AvgIpc) is 3.27. The first kappa shape index (κ1) is 17.0. The molecule has 5 nitrogen and oxygen atoms in total. The Morgan fingerprint density at radius 2 is 2.00 bits per heavy atom. The second-order valence-corrected chi connectivity index (χ2v) is 7.06. The largest absolute Gasteiger partial charge is 0.351 e. The van der Waals surface area contributed by atoms with Crippen molar-refractivity contribution >= 4 is 17.7 Å². The van der Waals surface area contributed by atoms with E-state index in [-0.39, 0.29) is 5.91 Å². The van der Waals surface area contributed by atoms with Crippen LogP contribution >= 0.6 is 11.8 Å². The molecule has 0 unspecified atom stereocenters. The van der Waals surface area contributed by atoms with Gasteiger partial charge in [-0.3, -0.25) is 4.79 Å².